The predicted octanol–water partition coefficient (Wildman–Crippen LogP) is 5.31. The Balaban J connectivity index is 1.37. The quantitative estimate of drug-likeness (QED) is 0.256. The van der Waals surface area contributed by atoms with E-state index >= 15 is 0 Å². The lowest BCUT2D eigenvalue weighted by atomic mass is 9.86. The van der Waals surface area contributed by atoms with Crippen LogP contribution in [0.4, 0.5) is 5.69 Å². The van der Waals surface area contributed by atoms with Gasteiger partial charge in [-0.15, -0.1) is 11.8 Å². The number of anilines is 1. The van der Waals surface area contributed by atoms with Gasteiger partial charge in [0.15, 0.2) is 0 Å². The van der Waals surface area contributed by atoms with E-state index < -0.39 is 12.2 Å². The summed E-state index contributed by atoms with van der Waals surface area (Å²) in [6.07, 6.45) is 7.29. The van der Waals surface area contributed by atoms with Crippen LogP contribution in [-0.2, 0) is 6.42 Å². The molecule has 1 saturated carbocycles. The van der Waals surface area contributed by atoms with Gasteiger partial charge in [0, 0.05) is 42.5 Å². The van der Waals surface area contributed by atoms with E-state index in [2.05, 4.69) is 47.5 Å². The van der Waals surface area contributed by atoms with E-state index in [-0.39, 0.29) is 23.9 Å². The topological polar surface area (TPSA) is 61.7 Å². The van der Waals surface area contributed by atoms with Gasteiger partial charge in [0.1, 0.15) is 11.9 Å². The molecule has 6 atom stereocenters. The number of aliphatic hydroxyl groups excluding tert-OH is 2. The molecule has 4 nitrogen and oxygen atoms in total. The van der Waals surface area contributed by atoms with Crippen molar-refractivity contribution in [3.63, 3.8) is 0 Å². The number of unbranched alkanes of at least 4 members (excludes halogenated alkanes) is 1. The van der Waals surface area contributed by atoms with Crippen LogP contribution >= 0.6 is 0 Å². The molecule has 0 aromatic heterocycles. The van der Waals surface area contributed by atoms with E-state index in [9.17, 15) is 10.2 Å². The second-order valence-corrected chi connectivity index (χ2v) is 9.63. The lowest BCUT2D eigenvalue weighted by Crippen LogP contribution is -2.19. The molecule has 34 heavy (non-hydrogen) atoms. The monoisotopic (exact) mass is 459 g/mol. The number of hydrogen-bond donors (Lipinski definition) is 3. The smallest absolute Gasteiger partial charge is 0.126 e. The summed E-state index contributed by atoms with van der Waals surface area (Å²) >= 11 is 0. The Bertz CT molecular complexity index is 1020. The number of ether oxygens (including phenoxy) is 1. The minimum absolute atomic E-state index is 0.000992. The standard InChI is InChI=1S/C30H37NO3/c1-3-4-11-21(2)26(32)18-17-24-27(33)20-28-29(24)25-16-10-13-22(30(25)34-28)12-8-9-19-31-23-14-6-5-7-15-23/h5-7,10,13-18,21,24,26-29,31-33H,8-9,11-12,19-20H2,1-2H3/t21-,24-,26+,27+,28-,29-/m0/s1. The molecule has 4 heteroatoms. The van der Waals surface area contributed by atoms with Crippen molar-refractivity contribution in [1.29, 1.82) is 0 Å². The molecule has 0 radical (unpaired) electrons. The summed E-state index contributed by atoms with van der Waals surface area (Å²) in [5, 5.41) is 24.7. The molecule has 2 aromatic rings. The van der Waals surface area contributed by atoms with Gasteiger partial charge in [0.25, 0.3) is 0 Å². The summed E-state index contributed by atoms with van der Waals surface area (Å²) in [7, 11) is 0. The van der Waals surface area contributed by atoms with E-state index in [1.165, 1.54) is 11.1 Å². The molecule has 0 spiro atoms. The number of rotatable bonds is 10. The van der Waals surface area contributed by atoms with Crippen molar-refractivity contribution in [3.05, 3.63) is 71.8 Å². The van der Waals surface area contributed by atoms with Crippen molar-refractivity contribution in [2.24, 2.45) is 11.8 Å². The molecule has 1 heterocycles. The summed E-state index contributed by atoms with van der Waals surface area (Å²) in [4.78, 5) is 0. The Hall–Kier alpha value is -2.74. The molecule has 1 aliphatic carbocycles. The van der Waals surface area contributed by atoms with E-state index in [0.717, 1.165) is 37.2 Å². The molecular formula is C30H37NO3. The van der Waals surface area contributed by atoms with Crippen LogP contribution in [0, 0.1) is 23.7 Å². The fourth-order valence-electron chi connectivity index (χ4n) is 5.21. The summed E-state index contributed by atoms with van der Waals surface area (Å²) in [6.45, 7) is 4.77. The first-order valence-corrected chi connectivity index (χ1v) is 12.6. The van der Waals surface area contributed by atoms with Gasteiger partial charge >= 0.3 is 0 Å². The van der Waals surface area contributed by atoms with Gasteiger partial charge in [0.05, 0.1) is 12.2 Å². The summed E-state index contributed by atoms with van der Waals surface area (Å²) in [6, 6.07) is 16.7. The molecule has 1 aliphatic heterocycles. The van der Waals surface area contributed by atoms with Crippen molar-refractivity contribution in [2.45, 2.75) is 70.2 Å². The zero-order chi connectivity index (χ0) is 23.9. The van der Waals surface area contributed by atoms with Crippen LogP contribution in [0.25, 0.3) is 0 Å². The average Bonchev–Trinajstić information content (AvgIpc) is 3.36. The molecule has 0 saturated heterocycles. The highest BCUT2D eigenvalue weighted by atomic mass is 16.5. The van der Waals surface area contributed by atoms with Gasteiger partial charge in [-0.05, 0) is 49.8 Å². The minimum Gasteiger partial charge on any atom is -0.489 e. The van der Waals surface area contributed by atoms with E-state index in [1.54, 1.807) is 0 Å². The molecule has 3 N–H and O–H groups in total. The molecule has 180 valence electrons. The third-order valence-corrected chi connectivity index (χ3v) is 7.18. The van der Waals surface area contributed by atoms with Gasteiger partial charge in [-0.25, -0.2) is 0 Å². The van der Waals surface area contributed by atoms with Gasteiger partial charge < -0.3 is 20.3 Å². The zero-order valence-corrected chi connectivity index (χ0v) is 20.3. The van der Waals surface area contributed by atoms with E-state index in [0.29, 0.717) is 12.8 Å². The fraction of sp³-hybridized carbons (Fsp3) is 0.467. The molecule has 2 aromatic carbocycles. The van der Waals surface area contributed by atoms with Gasteiger partial charge in [-0.3, -0.25) is 0 Å². The van der Waals surface area contributed by atoms with Gasteiger partial charge in [-0.1, -0.05) is 55.5 Å². The molecule has 1 fully saturated rings. The molecule has 0 unspecified atom stereocenters. The van der Waals surface area contributed by atoms with Crippen molar-refractivity contribution >= 4 is 5.69 Å². The van der Waals surface area contributed by atoms with Crippen molar-refractivity contribution < 1.29 is 14.9 Å². The van der Waals surface area contributed by atoms with Gasteiger partial charge in [0.2, 0.25) is 0 Å². The number of para-hydroxylation sites is 2. The maximum atomic E-state index is 10.7. The van der Waals surface area contributed by atoms with Crippen LogP contribution in [0.15, 0.2) is 60.7 Å². The van der Waals surface area contributed by atoms with Crippen LogP contribution in [0.5, 0.6) is 5.75 Å². The van der Waals surface area contributed by atoms with E-state index in [1.807, 2.05) is 44.2 Å². The highest BCUT2D eigenvalue weighted by Gasteiger charge is 2.48. The van der Waals surface area contributed by atoms with Crippen LogP contribution < -0.4 is 10.1 Å². The predicted molar refractivity (Wildman–Crippen MR) is 138 cm³/mol. The average molecular weight is 460 g/mol. The number of aliphatic hydroxyl groups is 2. The Kier molecular flexibility index (Phi) is 8.32. The Labute approximate surface area is 204 Å². The van der Waals surface area contributed by atoms with Crippen LogP contribution in [0.1, 0.15) is 56.6 Å². The van der Waals surface area contributed by atoms with Gasteiger partial charge in [-0.2, -0.15) is 0 Å². The number of hydrogen-bond acceptors (Lipinski definition) is 4. The first-order valence-electron chi connectivity index (χ1n) is 12.6. The second kappa shape index (κ2) is 11.6. The third kappa shape index (κ3) is 5.66. The number of nitrogens with one attached hydrogen (secondary N) is 1. The SMILES string of the molecule is CC#CC[C@H](C)[C@H](O)C=C[C@@H]1[C@H]2c3cccc(CCCCNc4ccccc4)c3O[C@H]2C[C@H]1O. The van der Waals surface area contributed by atoms with Crippen molar-refractivity contribution in [3.8, 4) is 17.6 Å². The Morgan fingerprint density at radius 1 is 1.15 bits per heavy atom. The third-order valence-electron chi connectivity index (χ3n) is 7.18. The highest BCUT2D eigenvalue weighted by molar-refractivity contribution is 5.49. The largest absolute Gasteiger partial charge is 0.489 e. The summed E-state index contributed by atoms with van der Waals surface area (Å²) in [5.74, 6) is 7.10. The first-order chi connectivity index (χ1) is 16.6. The molecule has 0 bridgehead atoms. The Morgan fingerprint density at radius 3 is 2.76 bits per heavy atom. The zero-order valence-electron chi connectivity index (χ0n) is 20.3. The molecule has 2 aliphatic rings. The van der Waals surface area contributed by atoms with Crippen LogP contribution in [0.3, 0.4) is 0 Å². The van der Waals surface area contributed by atoms with Crippen molar-refractivity contribution in [2.75, 3.05) is 11.9 Å². The van der Waals surface area contributed by atoms with Crippen LogP contribution in [-0.4, -0.2) is 35.1 Å². The lowest BCUT2D eigenvalue weighted by Gasteiger charge is -2.19. The number of fused-ring (bicyclic) bond motifs is 3. The number of aryl methyl sites for hydroxylation is 1. The number of benzene rings is 2. The summed E-state index contributed by atoms with van der Waals surface area (Å²) < 4.78 is 6.41. The maximum absolute atomic E-state index is 10.7. The normalized spacial score (nSPS) is 24.6. The maximum Gasteiger partial charge on any atom is 0.126 e. The molecular weight excluding hydrogens is 422 g/mol. The lowest BCUT2D eigenvalue weighted by molar-refractivity contribution is 0.134. The van der Waals surface area contributed by atoms with E-state index in [4.69, 9.17) is 4.74 Å². The Morgan fingerprint density at radius 2 is 1.97 bits per heavy atom. The first kappa shape index (κ1) is 24.4. The highest BCUT2D eigenvalue weighted by Crippen LogP contribution is 2.52. The molecule has 0 amide bonds. The van der Waals surface area contributed by atoms with Crippen LogP contribution in [0.2, 0.25) is 0 Å². The van der Waals surface area contributed by atoms with Crippen molar-refractivity contribution in [1.82, 2.24) is 0 Å². The summed E-state index contributed by atoms with van der Waals surface area (Å²) in [5.41, 5.74) is 3.63. The second-order valence-electron chi connectivity index (χ2n) is 9.63. The fourth-order valence-corrected chi connectivity index (χ4v) is 5.21. The molecule has 4 rings (SSSR count). The minimum atomic E-state index is -0.565.